The second kappa shape index (κ2) is 10.6. The number of nitrogens with one attached hydrogen (secondary N) is 2. The molecule has 3 aromatic carbocycles. The molecule has 3 aromatic rings. The van der Waals surface area contributed by atoms with Gasteiger partial charge in [0.1, 0.15) is 11.5 Å². The molecule has 0 saturated heterocycles. The average molecular weight is 485 g/mol. The molecule has 0 radical (unpaired) electrons. The molecule has 1 aliphatic rings. The Morgan fingerprint density at radius 2 is 1.06 bits per heavy atom. The first-order valence-corrected chi connectivity index (χ1v) is 11.2. The molecule has 0 heterocycles. The second-order valence-corrected chi connectivity index (χ2v) is 8.43. The van der Waals surface area contributed by atoms with Crippen LogP contribution in [-0.2, 0) is 22.4 Å². The maximum absolute atomic E-state index is 12.4. The highest BCUT2D eigenvalue weighted by atomic mass is 35.5. The molecule has 33 heavy (non-hydrogen) atoms. The summed E-state index contributed by atoms with van der Waals surface area (Å²) in [5, 5.41) is 7.04. The van der Waals surface area contributed by atoms with Crippen molar-refractivity contribution in [3.8, 4) is 11.5 Å². The highest BCUT2D eigenvalue weighted by molar-refractivity contribution is 6.30. The van der Waals surface area contributed by atoms with Crippen LogP contribution in [0, 0.1) is 0 Å². The van der Waals surface area contributed by atoms with E-state index >= 15 is 0 Å². The van der Waals surface area contributed by atoms with Crippen molar-refractivity contribution in [1.82, 2.24) is 0 Å². The van der Waals surface area contributed by atoms with Gasteiger partial charge in [0, 0.05) is 21.4 Å². The summed E-state index contributed by atoms with van der Waals surface area (Å²) in [6.45, 7) is -0.228. The van der Waals surface area contributed by atoms with Gasteiger partial charge in [-0.1, -0.05) is 23.2 Å². The van der Waals surface area contributed by atoms with Gasteiger partial charge < -0.3 is 20.1 Å². The predicted octanol–water partition coefficient (Wildman–Crippen LogP) is 5.52. The van der Waals surface area contributed by atoms with E-state index < -0.39 is 0 Å². The van der Waals surface area contributed by atoms with Crippen molar-refractivity contribution in [1.29, 1.82) is 0 Å². The molecular formula is C25H22Cl2N2O4. The first kappa shape index (κ1) is 23.0. The summed E-state index contributed by atoms with van der Waals surface area (Å²) in [7, 11) is 0. The van der Waals surface area contributed by atoms with Gasteiger partial charge in [-0.3, -0.25) is 9.59 Å². The Kier molecular flexibility index (Phi) is 7.37. The molecule has 2 amide bonds. The van der Waals surface area contributed by atoms with Crippen LogP contribution in [-0.4, -0.2) is 25.0 Å². The summed E-state index contributed by atoms with van der Waals surface area (Å²) in [4.78, 5) is 24.8. The van der Waals surface area contributed by atoms with Crippen molar-refractivity contribution in [2.45, 2.75) is 19.3 Å². The van der Waals surface area contributed by atoms with E-state index in [0.29, 0.717) is 21.5 Å². The van der Waals surface area contributed by atoms with E-state index in [2.05, 4.69) is 10.6 Å². The summed E-state index contributed by atoms with van der Waals surface area (Å²) in [6.07, 6.45) is 2.61. The number of carbonyl (C=O) groups is 2. The number of amides is 2. The zero-order chi connectivity index (χ0) is 23.2. The highest BCUT2D eigenvalue weighted by Gasteiger charge is 2.21. The topological polar surface area (TPSA) is 76.7 Å². The molecule has 0 aliphatic heterocycles. The van der Waals surface area contributed by atoms with Crippen LogP contribution in [0.3, 0.4) is 0 Å². The predicted molar refractivity (Wildman–Crippen MR) is 130 cm³/mol. The van der Waals surface area contributed by atoms with Crippen molar-refractivity contribution in [3.63, 3.8) is 0 Å². The largest absolute Gasteiger partial charge is 0.484 e. The fourth-order valence-corrected chi connectivity index (χ4v) is 3.92. The fourth-order valence-electron chi connectivity index (χ4n) is 3.67. The molecule has 0 unspecified atom stereocenters. The van der Waals surface area contributed by atoms with Crippen molar-refractivity contribution >= 4 is 46.4 Å². The summed E-state index contributed by atoms with van der Waals surface area (Å²) in [5.41, 5.74) is 3.54. The molecule has 1 aliphatic carbocycles. The minimum absolute atomic E-state index is 0.114. The lowest BCUT2D eigenvalue weighted by atomic mass is 10.1. The molecule has 0 bridgehead atoms. The lowest BCUT2D eigenvalue weighted by molar-refractivity contribution is -0.118. The third-order valence-electron chi connectivity index (χ3n) is 5.20. The second-order valence-electron chi connectivity index (χ2n) is 7.55. The summed E-state index contributed by atoms with van der Waals surface area (Å²) in [6, 6.07) is 17.3. The van der Waals surface area contributed by atoms with E-state index in [4.69, 9.17) is 32.7 Å². The van der Waals surface area contributed by atoms with Gasteiger partial charge in [-0.05, 0) is 91.1 Å². The van der Waals surface area contributed by atoms with Crippen molar-refractivity contribution in [3.05, 3.63) is 81.8 Å². The number of carbonyl (C=O) groups excluding carboxylic acids is 2. The molecule has 2 N–H and O–H groups in total. The van der Waals surface area contributed by atoms with E-state index in [-0.39, 0.29) is 25.0 Å². The Bertz CT molecular complexity index is 1060. The number of hydrogen-bond donors (Lipinski definition) is 2. The average Bonchev–Trinajstić information content (AvgIpc) is 3.31. The van der Waals surface area contributed by atoms with Crippen LogP contribution in [0.4, 0.5) is 11.4 Å². The van der Waals surface area contributed by atoms with Gasteiger partial charge in [0.25, 0.3) is 11.8 Å². The zero-order valence-corrected chi connectivity index (χ0v) is 19.2. The Labute approximate surface area is 201 Å². The van der Waals surface area contributed by atoms with E-state index in [1.54, 1.807) is 60.7 Å². The molecule has 4 rings (SSSR count). The van der Waals surface area contributed by atoms with E-state index in [1.807, 2.05) is 0 Å². The molecule has 0 atom stereocenters. The SMILES string of the molecule is O=C(COc1ccc(Cl)cc1)Nc1ccc(NC(=O)COc2ccc(Cl)cc2)c2c1CCC2. The molecule has 0 fully saturated rings. The monoisotopic (exact) mass is 484 g/mol. The molecule has 0 saturated carbocycles. The fraction of sp³-hybridized carbons (Fsp3) is 0.200. The van der Waals surface area contributed by atoms with Gasteiger partial charge in [-0.15, -0.1) is 0 Å². The summed E-state index contributed by atoms with van der Waals surface area (Å²) in [5.74, 6) is 0.622. The molecule has 0 aromatic heterocycles. The molecular weight excluding hydrogens is 463 g/mol. The summed E-state index contributed by atoms with van der Waals surface area (Å²) < 4.78 is 11.0. The van der Waals surface area contributed by atoms with Crippen LogP contribution < -0.4 is 20.1 Å². The van der Waals surface area contributed by atoms with Crippen LogP contribution in [0.1, 0.15) is 17.5 Å². The Morgan fingerprint density at radius 3 is 1.45 bits per heavy atom. The number of hydrogen-bond acceptors (Lipinski definition) is 4. The number of fused-ring (bicyclic) bond motifs is 1. The standard InChI is InChI=1S/C25H22Cl2N2O4/c26-16-4-8-18(9-5-16)32-14-24(30)28-22-12-13-23(21-3-1-2-20(21)22)29-25(31)15-33-19-10-6-17(27)7-11-19/h4-13H,1-3,14-15H2,(H,28,30)(H,29,31). The van der Waals surface area contributed by atoms with Crippen molar-refractivity contribution < 1.29 is 19.1 Å². The Morgan fingerprint density at radius 1 is 0.667 bits per heavy atom. The van der Waals surface area contributed by atoms with Gasteiger partial charge in [0.15, 0.2) is 13.2 Å². The third-order valence-corrected chi connectivity index (χ3v) is 5.70. The minimum Gasteiger partial charge on any atom is -0.484 e. The smallest absolute Gasteiger partial charge is 0.262 e. The zero-order valence-electron chi connectivity index (χ0n) is 17.7. The number of benzene rings is 3. The van der Waals surface area contributed by atoms with E-state index in [1.165, 1.54) is 0 Å². The van der Waals surface area contributed by atoms with Gasteiger partial charge >= 0.3 is 0 Å². The molecule has 170 valence electrons. The number of ether oxygens (including phenoxy) is 2. The number of halogens is 2. The normalized spacial score (nSPS) is 12.1. The maximum Gasteiger partial charge on any atom is 0.262 e. The first-order valence-electron chi connectivity index (χ1n) is 10.5. The Balaban J connectivity index is 1.35. The van der Waals surface area contributed by atoms with Gasteiger partial charge in [-0.25, -0.2) is 0 Å². The quantitative estimate of drug-likeness (QED) is 0.441. The van der Waals surface area contributed by atoms with Crippen molar-refractivity contribution in [2.75, 3.05) is 23.8 Å². The van der Waals surface area contributed by atoms with Crippen LogP contribution in [0.15, 0.2) is 60.7 Å². The minimum atomic E-state index is -0.257. The maximum atomic E-state index is 12.4. The van der Waals surface area contributed by atoms with Gasteiger partial charge in [0.2, 0.25) is 0 Å². The number of rotatable bonds is 8. The molecule has 8 heteroatoms. The lowest BCUT2D eigenvalue weighted by Gasteiger charge is -2.15. The van der Waals surface area contributed by atoms with E-state index in [9.17, 15) is 9.59 Å². The van der Waals surface area contributed by atoms with Crippen LogP contribution in [0.25, 0.3) is 0 Å². The third kappa shape index (κ3) is 6.18. The summed E-state index contributed by atoms with van der Waals surface area (Å²) >= 11 is 11.7. The molecule has 6 nitrogen and oxygen atoms in total. The van der Waals surface area contributed by atoms with E-state index in [0.717, 1.165) is 41.8 Å². The van der Waals surface area contributed by atoms with Gasteiger partial charge in [-0.2, -0.15) is 0 Å². The lowest BCUT2D eigenvalue weighted by Crippen LogP contribution is -2.22. The highest BCUT2D eigenvalue weighted by Crippen LogP contribution is 2.34. The van der Waals surface area contributed by atoms with Crippen LogP contribution >= 0.6 is 23.2 Å². The number of anilines is 2. The van der Waals surface area contributed by atoms with Gasteiger partial charge in [0.05, 0.1) is 0 Å². The Hall–Kier alpha value is -3.22. The van der Waals surface area contributed by atoms with Crippen LogP contribution in [0.2, 0.25) is 10.0 Å². The first-order chi connectivity index (χ1) is 16.0. The van der Waals surface area contributed by atoms with Crippen molar-refractivity contribution in [2.24, 2.45) is 0 Å². The molecule has 0 spiro atoms. The van der Waals surface area contributed by atoms with Crippen LogP contribution in [0.5, 0.6) is 11.5 Å².